The van der Waals surface area contributed by atoms with Crippen LogP contribution in [0.25, 0.3) is 11.0 Å². The zero-order chi connectivity index (χ0) is 26.5. The molecule has 4 aromatic rings. The summed E-state index contributed by atoms with van der Waals surface area (Å²) in [4.78, 5) is 29.0. The van der Waals surface area contributed by atoms with Gasteiger partial charge in [-0.1, -0.05) is 18.2 Å². The molecule has 1 saturated heterocycles. The van der Waals surface area contributed by atoms with E-state index in [9.17, 15) is 4.79 Å². The first kappa shape index (κ1) is 25.4. The molecule has 1 aliphatic heterocycles. The van der Waals surface area contributed by atoms with Crippen LogP contribution in [-0.2, 0) is 6.54 Å². The van der Waals surface area contributed by atoms with Gasteiger partial charge in [0.1, 0.15) is 22.8 Å². The highest BCUT2D eigenvalue weighted by Crippen LogP contribution is 2.29. The summed E-state index contributed by atoms with van der Waals surface area (Å²) in [5.74, 6) is 1.65. The van der Waals surface area contributed by atoms with Crippen LogP contribution >= 0.6 is 0 Å². The number of aromatic nitrogens is 4. The number of rotatable bonds is 9. The summed E-state index contributed by atoms with van der Waals surface area (Å²) < 4.78 is 2.07. The second-order valence-corrected chi connectivity index (χ2v) is 9.62. The maximum Gasteiger partial charge on any atom is 0.256 e. The number of likely N-dealkylation sites (tertiary alicyclic amines) is 1. The third kappa shape index (κ3) is 5.68. The average molecular weight is 511 g/mol. The summed E-state index contributed by atoms with van der Waals surface area (Å²) in [5.41, 5.74) is 3.44. The van der Waals surface area contributed by atoms with Crippen molar-refractivity contribution in [2.75, 3.05) is 37.3 Å². The molecule has 38 heavy (non-hydrogen) atoms. The Morgan fingerprint density at radius 1 is 1.08 bits per heavy atom. The Hall–Kier alpha value is -4.24. The van der Waals surface area contributed by atoms with Crippen molar-refractivity contribution in [2.24, 2.45) is 0 Å². The van der Waals surface area contributed by atoms with Crippen molar-refractivity contribution in [1.29, 1.82) is 0 Å². The minimum atomic E-state index is -0.292. The number of benzene rings is 1. The number of nitrogens with one attached hydrogen (secondary N) is 3. The monoisotopic (exact) mass is 510 g/mol. The highest BCUT2D eigenvalue weighted by atomic mass is 16.1. The number of hydrogen-bond donors (Lipinski definition) is 3. The third-order valence-electron chi connectivity index (χ3n) is 7.00. The van der Waals surface area contributed by atoms with E-state index in [0.29, 0.717) is 35.6 Å². The van der Waals surface area contributed by atoms with Gasteiger partial charge in [-0.15, -0.1) is 6.58 Å². The van der Waals surface area contributed by atoms with Crippen LogP contribution in [-0.4, -0.2) is 57.0 Å². The normalized spacial score (nSPS) is 14.4. The molecule has 1 aromatic carbocycles. The molecule has 0 bridgehead atoms. The summed E-state index contributed by atoms with van der Waals surface area (Å²) in [6.45, 7) is 9.17. The fraction of sp³-hybridized carbons (Fsp3) is 0.310. The fourth-order valence-corrected chi connectivity index (χ4v) is 4.78. The molecule has 0 spiro atoms. The van der Waals surface area contributed by atoms with Crippen LogP contribution in [0.5, 0.6) is 0 Å². The first-order valence-corrected chi connectivity index (χ1v) is 13.1. The van der Waals surface area contributed by atoms with Crippen molar-refractivity contribution in [3.8, 4) is 0 Å². The molecule has 3 aromatic heterocycles. The lowest BCUT2D eigenvalue weighted by atomic mass is 9.89. The van der Waals surface area contributed by atoms with Gasteiger partial charge in [0.15, 0.2) is 0 Å². The van der Waals surface area contributed by atoms with Crippen LogP contribution in [0.15, 0.2) is 67.5 Å². The van der Waals surface area contributed by atoms with E-state index in [4.69, 9.17) is 4.98 Å². The number of anilines is 4. The standard InChI is InChI=1S/C29H34N8O/c1-4-15-30-28(38)24-19-31-29(32-23-9-6-20(7-10-23)21-12-16-36(3)17-13-21)35-26(24)33-25-11-8-22-14-18-37(5-2)27(22)34-25/h4,6-11,14,18-19,21H,1,5,12-13,15-17H2,2-3H3,(H,30,38)(H2,31,32,33,34,35). The highest BCUT2D eigenvalue weighted by Gasteiger charge is 2.19. The van der Waals surface area contributed by atoms with E-state index in [2.05, 4.69) is 80.2 Å². The molecule has 4 heterocycles. The van der Waals surface area contributed by atoms with Crippen molar-refractivity contribution in [2.45, 2.75) is 32.2 Å². The van der Waals surface area contributed by atoms with Crippen molar-refractivity contribution in [3.63, 3.8) is 0 Å². The quantitative estimate of drug-likeness (QED) is 0.271. The molecule has 1 aliphatic rings. The lowest BCUT2D eigenvalue weighted by molar-refractivity contribution is 0.0958. The summed E-state index contributed by atoms with van der Waals surface area (Å²) in [6.07, 6.45) is 7.53. The maximum atomic E-state index is 12.8. The first-order chi connectivity index (χ1) is 18.5. The molecule has 0 unspecified atom stereocenters. The SMILES string of the molecule is C=CCNC(=O)c1cnc(Nc2ccc(C3CCN(C)CC3)cc2)nc1Nc1ccc2ccn(CC)c2n1. The van der Waals surface area contributed by atoms with Crippen molar-refractivity contribution < 1.29 is 4.79 Å². The molecule has 1 fully saturated rings. The van der Waals surface area contributed by atoms with Gasteiger partial charge < -0.3 is 25.4 Å². The largest absolute Gasteiger partial charge is 0.348 e. The molecular weight excluding hydrogens is 476 g/mol. The Balaban J connectivity index is 1.38. The molecule has 9 heteroatoms. The summed E-state index contributed by atoms with van der Waals surface area (Å²) in [5, 5.41) is 10.4. The van der Waals surface area contributed by atoms with E-state index in [1.165, 1.54) is 24.6 Å². The van der Waals surface area contributed by atoms with Gasteiger partial charge in [-0.2, -0.15) is 4.98 Å². The molecule has 5 rings (SSSR count). The second-order valence-electron chi connectivity index (χ2n) is 9.62. The molecular formula is C29H34N8O. The Kier molecular flexibility index (Phi) is 7.65. The van der Waals surface area contributed by atoms with Gasteiger partial charge in [0.05, 0.1) is 0 Å². The van der Waals surface area contributed by atoms with Crippen LogP contribution in [0.3, 0.4) is 0 Å². The molecule has 1 amide bonds. The van der Waals surface area contributed by atoms with Crippen molar-refractivity contribution >= 4 is 40.2 Å². The lowest BCUT2D eigenvalue weighted by Crippen LogP contribution is -2.29. The summed E-state index contributed by atoms with van der Waals surface area (Å²) in [7, 11) is 2.18. The van der Waals surface area contributed by atoms with Crippen LogP contribution in [0, 0.1) is 0 Å². The Morgan fingerprint density at radius 3 is 2.61 bits per heavy atom. The fourth-order valence-electron chi connectivity index (χ4n) is 4.78. The lowest BCUT2D eigenvalue weighted by Gasteiger charge is -2.29. The number of aryl methyl sites for hydroxylation is 1. The topological polar surface area (TPSA) is 100 Å². The Morgan fingerprint density at radius 2 is 1.87 bits per heavy atom. The Labute approximate surface area is 223 Å². The molecule has 0 radical (unpaired) electrons. The van der Waals surface area contributed by atoms with Crippen LogP contribution in [0.1, 0.15) is 41.6 Å². The van der Waals surface area contributed by atoms with E-state index in [1.807, 2.05) is 24.4 Å². The molecule has 3 N–H and O–H groups in total. The molecule has 196 valence electrons. The van der Waals surface area contributed by atoms with E-state index in [1.54, 1.807) is 6.08 Å². The predicted molar refractivity (Wildman–Crippen MR) is 152 cm³/mol. The van der Waals surface area contributed by atoms with Gasteiger partial charge in [-0.3, -0.25) is 4.79 Å². The third-order valence-corrected chi connectivity index (χ3v) is 7.00. The van der Waals surface area contributed by atoms with E-state index in [-0.39, 0.29) is 5.91 Å². The zero-order valence-corrected chi connectivity index (χ0v) is 21.9. The van der Waals surface area contributed by atoms with E-state index >= 15 is 0 Å². The number of hydrogen-bond acceptors (Lipinski definition) is 7. The number of piperidine rings is 1. The minimum absolute atomic E-state index is 0.292. The Bertz CT molecular complexity index is 1420. The summed E-state index contributed by atoms with van der Waals surface area (Å²) in [6, 6.07) is 14.4. The number of fused-ring (bicyclic) bond motifs is 1. The summed E-state index contributed by atoms with van der Waals surface area (Å²) >= 11 is 0. The zero-order valence-electron chi connectivity index (χ0n) is 21.9. The van der Waals surface area contributed by atoms with Gasteiger partial charge in [0.2, 0.25) is 5.95 Å². The maximum absolute atomic E-state index is 12.8. The van der Waals surface area contributed by atoms with Crippen LogP contribution in [0.4, 0.5) is 23.3 Å². The van der Waals surface area contributed by atoms with E-state index < -0.39 is 0 Å². The van der Waals surface area contributed by atoms with Gasteiger partial charge in [-0.25, -0.2) is 9.97 Å². The second kappa shape index (κ2) is 11.4. The van der Waals surface area contributed by atoms with Gasteiger partial charge in [0, 0.05) is 36.6 Å². The smallest absolute Gasteiger partial charge is 0.256 e. The highest BCUT2D eigenvalue weighted by molar-refractivity contribution is 5.99. The van der Waals surface area contributed by atoms with E-state index in [0.717, 1.165) is 36.4 Å². The van der Waals surface area contributed by atoms with Crippen molar-refractivity contribution in [3.05, 3.63) is 78.6 Å². The van der Waals surface area contributed by atoms with Crippen LogP contribution in [0.2, 0.25) is 0 Å². The number of nitrogens with zero attached hydrogens (tertiary/aromatic N) is 5. The number of carbonyl (C=O) groups is 1. The number of carbonyl (C=O) groups excluding carboxylic acids is 1. The van der Waals surface area contributed by atoms with Crippen molar-refractivity contribution in [1.82, 2.24) is 29.7 Å². The number of pyridine rings is 1. The average Bonchev–Trinajstić information content (AvgIpc) is 3.35. The molecule has 9 nitrogen and oxygen atoms in total. The minimum Gasteiger partial charge on any atom is -0.348 e. The first-order valence-electron chi connectivity index (χ1n) is 13.1. The van der Waals surface area contributed by atoms with Gasteiger partial charge >= 0.3 is 0 Å². The van der Waals surface area contributed by atoms with Gasteiger partial charge in [-0.05, 0) is 81.7 Å². The van der Waals surface area contributed by atoms with Crippen LogP contribution < -0.4 is 16.0 Å². The molecule has 0 aliphatic carbocycles. The molecule has 0 saturated carbocycles. The van der Waals surface area contributed by atoms with Gasteiger partial charge in [0.25, 0.3) is 5.91 Å². The number of amides is 1. The molecule has 0 atom stereocenters. The predicted octanol–water partition coefficient (Wildman–Crippen LogP) is 5.06.